The van der Waals surface area contributed by atoms with Gasteiger partial charge in [-0.25, -0.2) is 5.01 Å². The first-order valence-electron chi connectivity index (χ1n) is 7.66. The van der Waals surface area contributed by atoms with Gasteiger partial charge in [0.1, 0.15) is 0 Å². The van der Waals surface area contributed by atoms with Crippen molar-refractivity contribution in [1.82, 2.24) is 5.01 Å². The third kappa shape index (κ3) is 2.88. The smallest absolute Gasteiger partial charge is 0.251 e. The number of carbonyl (C=O) groups excluding carboxylic acids is 1. The fourth-order valence-corrected chi connectivity index (χ4v) is 3.23. The fourth-order valence-electron chi connectivity index (χ4n) is 3.23. The largest absolute Gasteiger partial charge is 0.391 e. The molecule has 3 unspecified atom stereocenters. The molecule has 1 aliphatic carbocycles. The van der Waals surface area contributed by atoms with Gasteiger partial charge in [-0.05, 0) is 25.8 Å². The number of hydrogen-bond acceptors (Lipinski definition) is 4. The monoisotopic (exact) mass is 281 g/mol. The highest BCUT2D eigenvalue weighted by Gasteiger charge is 2.44. The highest BCUT2D eigenvalue weighted by Crippen LogP contribution is 2.34. The number of hydrazone groups is 1. The molecule has 1 heterocycles. The summed E-state index contributed by atoms with van der Waals surface area (Å²) in [5.74, 6) is -0.194. The summed E-state index contributed by atoms with van der Waals surface area (Å²) in [6.45, 7) is 6.70. The van der Waals surface area contributed by atoms with Crippen molar-refractivity contribution in [3.8, 4) is 0 Å². The van der Waals surface area contributed by atoms with Crippen LogP contribution < -0.4 is 5.73 Å². The summed E-state index contributed by atoms with van der Waals surface area (Å²) >= 11 is 0. The van der Waals surface area contributed by atoms with Gasteiger partial charge in [-0.15, -0.1) is 0 Å². The molecule has 1 aliphatic heterocycles. The first-order valence-corrected chi connectivity index (χ1v) is 7.66. The molecule has 1 amide bonds. The highest BCUT2D eigenvalue weighted by molar-refractivity contribution is 6.10. The summed E-state index contributed by atoms with van der Waals surface area (Å²) in [4.78, 5) is 12.6. The number of nitrogens with zero attached hydrogens (tertiary/aromatic N) is 2. The van der Waals surface area contributed by atoms with E-state index in [0.29, 0.717) is 13.0 Å². The third-order valence-corrected chi connectivity index (χ3v) is 4.30. The Hall–Kier alpha value is -0.940. The second kappa shape index (κ2) is 5.82. The van der Waals surface area contributed by atoms with Crippen LogP contribution in [0.5, 0.6) is 0 Å². The summed E-state index contributed by atoms with van der Waals surface area (Å²) in [6.07, 6.45) is 3.86. The predicted molar refractivity (Wildman–Crippen MR) is 79.2 cm³/mol. The van der Waals surface area contributed by atoms with Crippen LogP contribution in [0.4, 0.5) is 0 Å². The molecule has 20 heavy (non-hydrogen) atoms. The van der Waals surface area contributed by atoms with Crippen molar-refractivity contribution in [3.05, 3.63) is 0 Å². The number of carbonyl (C=O) groups is 1. The first-order chi connectivity index (χ1) is 9.36. The van der Waals surface area contributed by atoms with Gasteiger partial charge < -0.3 is 10.8 Å². The van der Waals surface area contributed by atoms with E-state index in [1.165, 1.54) is 0 Å². The normalized spacial score (nSPS) is 31.6. The van der Waals surface area contributed by atoms with Gasteiger partial charge in [-0.1, -0.05) is 33.6 Å². The molecule has 3 N–H and O–H groups in total. The average molecular weight is 281 g/mol. The minimum Gasteiger partial charge on any atom is -0.391 e. The van der Waals surface area contributed by atoms with E-state index in [2.05, 4.69) is 25.9 Å². The lowest BCUT2D eigenvalue weighted by Crippen LogP contribution is -2.45. The van der Waals surface area contributed by atoms with Crippen LogP contribution in [0.15, 0.2) is 5.10 Å². The van der Waals surface area contributed by atoms with Crippen molar-refractivity contribution in [2.24, 2.45) is 22.2 Å². The zero-order valence-corrected chi connectivity index (χ0v) is 12.8. The van der Waals surface area contributed by atoms with Crippen LogP contribution >= 0.6 is 0 Å². The Kier molecular flexibility index (Phi) is 4.49. The van der Waals surface area contributed by atoms with Crippen molar-refractivity contribution in [1.29, 1.82) is 0 Å². The second-order valence-electron chi connectivity index (χ2n) is 6.97. The Morgan fingerprint density at radius 2 is 2.00 bits per heavy atom. The van der Waals surface area contributed by atoms with E-state index in [1.54, 1.807) is 5.01 Å². The van der Waals surface area contributed by atoms with E-state index < -0.39 is 6.10 Å². The topological polar surface area (TPSA) is 78.9 Å². The lowest BCUT2D eigenvalue weighted by atomic mass is 9.81. The maximum absolute atomic E-state index is 12.6. The Bertz CT molecular complexity index is 400. The number of aliphatic hydroxyl groups is 1. The summed E-state index contributed by atoms with van der Waals surface area (Å²) < 4.78 is 0. The molecular formula is C15H27N3O2. The Labute approximate surface area is 121 Å². The minimum absolute atomic E-state index is 0.0197. The number of hydrogen-bond donors (Lipinski definition) is 2. The van der Waals surface area contributed by atoms with Crippen LogP contribution in [0, 0.1) is 11.3 Å². The van der Waals surface area contributed by atoms with Crippen LogP contribution in [0.2, 0.25) is 0 Å². The lowest BCUT2D eigenvalue weighted by molar-refractivity contribution is -0.137. The molecule has 2 aliphatic rings. The standard InChI is InChI=1S/C15H27N3O2/c1-15(2,3)13-10(8-9-16)14(20)18(17-13)11-6-4-5-7-12(11)19/h10-12,19H,4-9,16H2,1-3H3. The van der Waals surface area contributed by atoms with Crippen molar-refractivity contribution < 1.29 is 9.90 Å². The summed E-state index contributed by atoms with van der Waals surface area (Å²) in [6, 6.07) is -0.156. The van der Waals surface area contributed by atoms with Crippen molar-refractivity contribution in [3.63, 3.8) is 0 Å². The van der Waals surface area contributed by atoms with Crippen molar-refractivity contribution >= 4 is 11.6 Å². The summed E-state index contributed by atoms with van der Waals surface area (Å²) in [5, 5.41) is 16.3. The number of aliphatic hydroxyl groups excluding tert-OH is 1. The Morgan fingerprint density at radius 1 is 1.35 bits per heavy atom. The molecule has 0 bridgehead atoms. The third-order valence-electron chi connectivity index (χ3n) is 4.30. The second-order valence-corrected chi connectivity index (χ2v) is 6.97. The van der Waals surface area contributed by atoms with Gasteiger partial charge in [-0.3, -0.25) is 4.79 Å². The van der Waals surface area contributed by atoms with Crippen molar-refractivity contribution in [2.75, 3.05) is 6.54 Å². The SMILES string of the molecule is CC(C)(C)C1=NN(C2CCCCC2O)C(=O)C1CCN. The van der Waals surface area contributed by atoms with E-state index in [4.69, 9.17) is 5.73 Å². The quantitative estimate of drug-likeness (QED) is 0.822. The van der Waals surface area contributed by atoms with Gasteiger partial charge in [0, 0.05) is 5.41 Å². The van der Waals surface area contributed by atoms with Crippen LogP contribution in [-0.4, -0.2) is 40.4 Å². The predicted octanol–water partition coefficient (Wildman–Crippen LogP) is 1.50. The maximum Gasteiger partial charge on any atom is 0.251 e. The molecule has 0 aromatic rings. The van der Waals surface area contributed by atoms with Crippen LogP contribution in [-0.2, 0) is 4.79 Å². The lowest BCUT2D eigenvalue weighted by Gasteiger charge is -2.32. The number of rotatable bonds is 3. The molecular weight excluding hydrogens is 254 g/mol. The van der Waals surface area contributed by atoms with Crippen LogP contribution in [0.1, 0.15) is 52.9 Å². The minimum atomic E-state index is -0.450. The molecule has 2 rings (SSSR count). The van der Waals surface area contributed by atoms with Gasteiger partial charge in [0.05, 0.1) is 23.8 Å². The van der Waals surface area contributed by atoms with E-state index in [-0.39, 0.29) is 23.3 Å². The summed E-state index contributed by atoms with van der Waals surface area (Å²) in [5.41, 5.74) is 6.41. The van der Waals surface area contributed by atoms with E-state index in [0.717, 1.165) is 31.4 Å². The molecule has 1 saturated carbocycles. The van der Waals surface area contributed by atoms with Gasteiger partial charge in [0.2, 0.25) is 0 Å². The van der Waals surface area contributed by atoms with Gasteiger partial charge in [0.15, 0.2) is 0 Å². The maximum atomic E-state index is 12.6. The molecule has 0 spiro atoms. The molecule has 5 nitrogen and oxygen atoms in total. The highest BCUT2D eigenvalue weighted by atomic mass is 16.3. The molecule has 114 valence electrons. The Morgan fingerprint density at radius 3 is 2.55 bits per heavy atom. The van der Waals surface area contributed by atoms with Gasteiger partial charge >= 0.3 is 0 Å². The van der Waals surface area contributed by atoms with Crippen molar-refractivity contribution in [2.45, 2.75) is 65.0 Å². The Balaban J connectivity index is 2.26. The molecule has 5 heteroatoms. The zero-order valence-electron chi connectivity index (χ0n) is 12.8. The molecule has 0 aromatic carbocycles. The number of amides is 1. The van der Waals surface area contributed by atoms with Gasteiger partial charge in [0.25, 0.3) is 5.91 Å². The molecule has 1 fully saturated rings. The fraction of sp³-hybridized carbons (Fsp3) is 0.867. The first kappa shape index (κ1) is 15.4. The van der Waals surface area contributed by atoms with E-state index >= 15 is 0 Å². The van der Waals surface area contributed by atoms with Gasteiger partial charge in [-0.2, -0.15) is 5.10 Å². The van der Waals surface area contributed by atoms with E-state index in [1.807, 2.05) is 0 Å². The molecule has 3 atom stereocenters. The molecule has 0 aromatic heterocycles. The number of nitrogens with two attached hydrogens (primary N) is 1. The zero-order chi connectivity index (χ0) is 14.9. The molecule has 0 radical (unpaired) electrons. The average Bonchev–Trinajstić information content (AvgIpc) is 2.68. The molecule has 0 saturated heterocycles. The summed E-state index contributed by atoms with van der Waals surface area (Å²) in [7, 11) is 0. The van der Waals surface area contributed by atoms with E-state index in [9.17, 15) is 9.90 Å². The van der Waals surface area contributed by atoms with Crippen LogP contribution in [0.25, 0.3) is 0 Å². The van der Waals surface area contributed by atoms with Crippen LogP contribution in [0.3, 0.4) is 0 Å².